The molecule has 1 saturated heterocycles. The van der Waals surface area contributed by atoms with Gasteiger partial charge in [0, 0.05) is 38.4 Å². The molecule has 6 heteroatoms. The average molecular weight is 410 g/mol. The highest BCUT2D eigenvalue weighted by atomic mass is 19.1. The second-order valence-corrected chi connectivity index (χ2v) is 7.99. The lowest BCUT2D eigenvalue weighted by atomic mass is 9.95. The number of pyridine rings is 1. The zero-order valence-electron chi connectivity index (χ0n) is 17.9. The van der Waals surface area contributed by atoms with Crippen molar-refractivity contribution in [2.75, 3.05) is 27.3 Å². The van der Waals surface area contributed by atoms with Crippen molar-refractivity contribution < 1.29 is 13.9 Å². The summed E-state index contributed by atoms with van der Waals surface area (Å²) in [5, 5.41) is 0.992. The van der Waals surface area contributed by atoms with E-state index in [1.807, 2.05) is 12.1 Å². The number of benzene rings is 2. The minimum Gasteiger partial charge on any atom is -0.496 e. The summed E-state index contributed by atoms with van der Waals surface area (Å²) in [5.74, 6) is 1.68. The number of likely N-dealkylation sites (tertiary alicyclic amines) is 1. The van der Waals surface area contributed by atoms with Crippen LogP contribution in [0, 0.1) is 11.7 Å². The number of hydrogen-bond donors (Lipinski definition) is 0. The molecule has 30 heavy (non-hydrogen) atoms. The van der Waals surface area contributed by atoms with E-state index >= 15 is 0 Å². The molecule has 1 aliphatic rings. The average Bonchev–Trinajstić information content (AvgIpc) is 2.72. The summed E-state index contributed by atoms with van der Waals surface area (Å²) >= 11 is 0. The van der Waals surface area contributed by atoms with Crippen molar-refractivity contribution in [3.8, 4) is 22.6 Å². The molecule has 0 aliphatic carbocycles. The number of halogens is 1. The molecule has 5 nitrogen and oxygen atoms in total. The van der Waals surface area contributed by atoms with E-state index in [0.29, 0.717) is 22.3 Å². The molecule has 0 spiro atoms. The fourth-order valence-electron chi connectivity index (χ4n) is 4.28. The molecule has 2 heterocycles. The number of rotatable bonds is 6. The number of aryl methyl sites for hydroxylation is 1. The number of nitrogens with zero attached hydrogens (tertiary/aromatic N) is 2. The van der Waals surface area contributed by atoms with Gasteiger partial charge in [-0.2, -0.15) is 0 Å². The maximum atomic E-state index is 13.8. The third kappa shape index (κ3) is 3.56. The van der Waals surface area contributed by atoms with Crippen LogP contribution >= 0.6 is 0 Å². The Morgan fingerprint density at radius 3 is 2.33 bits per heavy atom. The summed E-state index contributed by atoms with van der Waals surface area (Å²) in [7, 11) is 4.92. The summed E-state index contributed by atoms with van der Waals surface area (Å²) in [5.41, 5.74) is 2.39. The molecule has 0 amide bonds. The number of hydrogen-bond acceptors (Lipinski definition) is 4. The van der Waals surface area contributed by atoms with Crippen molar-refractivity contribution in [3.05, 3.63) is 58.3 Å². The third-order valence-electron chi connectivity index (χ3n) is 6.00. The molecule has 1 aromatic heterocycles. The van der Waals surface area contributed by atoms with Gasteiger partial charge in [0.2, 0.25) is 0 Å². The lowest BCUT2D eigenvalue weighted by Crippen LogP contribution is -2.45. The van der Waals surface area contributed by atoms with E-state index in [9.17, 15) is 9.18 Å². The van der Waals surface area contributed by atoms with Gasteiger partial charge in [0.1, 0.15) is 17.3 Å². The van der Waals surface area contributed by atoms with E-state index in [-0.39, 0.29) is 5.56 Å². The normalized spacial score (nSPS) is 14.7. The van der Waals surface area contributed by atoms with Crippen LogP contribution < -0.4 is 15.0 Å². The Morgan fingerprint density at radius 2 is 1.73 bits per heavy atom. The van der Waals surface area contributed by atoms with Gasteiger partial charge in [-0.15, -0.1) is 0 Å². The lowest BCUT2D eigenvalue weighted by molar-refractivity contribution is 0.0897. The minimum atomic E-state index is -0.439. The van der Waals surface area contributed by atoms with Gasteiger partial charge in [0.25, 0.3) is 5.56 Å². The summed E-state index contributed by atoms with van der Waals surface area (Å²) in [6.45, 7) is 5.29. The second-order valence-electron chi connectivity index (χ2n) is 7.99. The van der Waals surface area contributed by atoms with Crippen molar-refractivity contribution in [2.45, 2.75) is 19.9 Å². The molecule has 1 aliphatic heterocycles. The molecule has 0 N–H and O–H groups in total. The summed E-state index contributed by atoms with van der Waals surface area (Å²) in [4.78, 5) is 15.0. The maximum absolute atomic E-state index is 13.8. The first-order valence-electron chi connectivity index (χ1n) is 10.2. The van der Waals surface area contributed by atoms with Gasteiger partial charge >= 0.3 is 0 Å². The highest BCUT2D eigenvalue weighted by molar-refractivity contribution is 5.99. The highest BCUT2D eigenvalue weighted by Gasteiger charge is 2.26. The van der Waals surface area contributed by atoms with Gasteiger partial charge in [-0.25, -0.2) is 4.39 Å². The number of methoxy groups -OCH3 is 2. The molecule has 0 radical (unpaired) electrons. The van der Waals surface area contributed by atoms with E-state index in [2.05, 4.69) is 11.8 Å². The first-order valence-corrected chi connectivity index (χ1v) is 10.2. The van der Waals surface area contributed by atoms with Crippen LogP contribution in [-0.4, -0.2) is 36.8 Å². The van der Waals surface area contributed by atoms with Crippen LogP contribution in [0.5, 0.6) is 11.5 Å². The van der Waals surface area contributed by atoms with Crippen LogP contribution in [0.1, 0.15) is 18.9 Å². The second kappa shape index (κ2) is 8.11. The smallest absolute Gasteiger partial charge is 0.258 e. The van der Waals surface area contributed by atoms with Crippen LogP contribution in [0.15, 0.2) is 41.3 Å². The SMILES string of the molecule is CCC1CN(Cc2cc(OC)c(-c3cn(C)c(=O)c4cc(F)ccc34)c(OC)c2)C1. The zero-order valence-corrected chi connectivity index (χ0v) is 17.9. The minimum absolute atomic E-state index is 0.244. The Hall–Kier alpha value is -2.86. The van der Waals surface area contributed by atoms with Crippen LogP contribution in [0.3, 0.4) is 0 Å². The first kappa shape index (κ1) is 20.4. The van der Waals surface area contributed by atoms with E-state index in [0.717, 1.165) is 42.2 Å². The van der Waals surface area contributed by atoms with Gasteiger partial charge < -0.3 is 14.0 Å². The van der Waals surface area contributed by atoms with Gasteiger partial charge in [-0.05, 0) is 41.1 Å². The zero-order chi connectivity index (χ0) is 21.4. The number of aromatic nitrogens is 1. The van der Waals surface area contributed by atoms with Crippen LogP contribution in [0.2, 0.25) is 0 Å². The molecule has 1 fully saturated rings. The van der Waals surface area contributed by atoms with Crippen LogP contribution in [0.4, 0.5) is 4.39 Å². The Labute approximate surface area is 175 Å². The number of fused-ring (bicyclic) bond motifs is 1. The fourth-order valence-corrected chi connectivity index (χ4v) is 4.28. The Kier molecular flexibility index (Phi) is 5.52. The third-order valence-corrected chi connectivity index (χ3v) is 6.00. The molecule has 3 aromatic rings. The lowest BCUT2D eigenvalue weighted by Gasteiger charge is -2.39. The van der Waals surface area contributed by atoms with Crippen LogP contribution in [-0.2, 0) is 13.6 Å². The predicted molar refractivity (Wildman–Crippen MR) is 117 cm³/mol. The van der Waals surface area contributed by atoms with Gasteiger partial charge in [-0.1, -0.05) is 19.4 Å². The molecule has 2 aromatic carbocycles. The maximum Gasteiger partial charge on any atom is 0.258 e. The van der Waals surface area contributed by atoms with E-state index in [4.69, 9.17) is 9.47 Å². The van der Waals surface area contributed by atoms with Crippen molar-refractivity contribution in [1.29, 1.82) is 0 Å². The van der Waals surface area contributed by atoms with Crippen molar-refractivity contribution in [3.63, 3.8) is 0 Å². The molecular weight excluding hydrogens is 383 g/mol. The monoisotopic (exact) mass is 410 g/mol. The molecule has 0 unspecified atom stereocenters. The topological polar surface area (TPSA) is 43.7 Å². The van der Waals surface area contributed by atoms with Crippen LogP contribution in [0.25, 0.3) is 21.9 Å². The van der Waals surface area contributed by atoms with E-state index < -0.39 is 5.82 Å². The molecule has 4 rings (SSSR count). The van der Waals surface area contributed by atoms with Gasteiger partial charge in [-0.3, -0.25) is 9.69 Å². The van der Waals surface area contributed by atoms with E-state index in [1.165, 1.54) is 23.1 Å². The molecule has 0 bridgehead atoms. The highest BCUT2D eigenvalue weighted by Crippen LogP contribution is 2.42. The van der Waals surface area contributed by atoms with Crippen molar-refractivity contribution >= 4 is 10.8 Å². The van der Waals surface area contributed by atoms with Crippen molar-refractivity contribution in [1.82, 2.24) is 9.47 Å². The van der Waals surface area contributed by atoms with Crippen molar-refractivity contribution in [2.24, 2.45) is 13.0 Å². The predicted octanol–water partition coefficient (Wildman–Crippen LogP) is 4.20. The summed E-state index contributed by atoms with van der Waals surface area (Å²) in [6, 6.07) is 8.34. The molecule has 0 atom stereocenters. The molecular formula is C24H27FN2O3. The quantitative estimate of drug-likeness (QED) is 0.611. The van der Waals surface area contributed by atoms with E-state index in [1.54, 1.807) is 33.5 Å². The Bertz CT molecular complexity index is 1120. The first-order chi connectivity index (χ1) is 14.4. The fraction of sp³-hybridized carbons (Fsp3) is 0.375. The Morgan fingerprint density at radius 1 is 1.07 bits per heavy atom. The van der Waals surface area contributed by atoms with Gasteiger partial charge in [0.05, 0.1) is 25.2 Å². The molecule has 158 valence electrons. The number of ether oxygens (including phenoxy) is 2. The Balaban J connectivity index is 1.85. The standard InChI is InChI=1S/C24H27FN2O3/c1-5-15-11-27(12-15)13-16-8-21(29-3)23(22(9-16)30-4)20-14-26(2)24(28)19-10-17(25)6-7-18(19)20/h6-10,14-15H,5,11-13H2,1-4H3. The van der Waals surface area contributed by atoms with Gasteiger partial charge in [0.15, 0.2) is 0 Å². The summed E-state index contributed by atoms with van der Waals surface area (Å²) in [6.07, 6.45) is 2.96. The molecule has 0 saturated carbocycles. The largest absolute Gasteiger partial charge is 0.496 e. The summed E-state index contributed by atoms with van der Waals surface area (Å²) < 4.78 is 26.8.